The predicted octanol–water partition coefficient (Wildman–Crippen LogP) is 0.899. The highest BCUT2D eigenvalue weighted by atomic mass is 35.7. The van der Waals surface area contributed by atoms with E-state index in [1.807, 2.05) is 6.92 Å². The molecule has 1 aromatic heterocycles. The molecule has 0 aromatic carbocycles. The van der Waals surface area contributed by atoms with Gasteiger partial charge in [0.15, 0.2) is 5.03 Å². The fourth-order valence-corrected chi connectivity index (χ4v) is 2.45. The molecule has 1 aliphatic rings. The van der Waals surface area contributed by atoms with E-state index in [2.05, 4.69) is 10.3 Å². The van der Waals surface area contributed by atoms with Crippen molar-refractivity contribution in [2.45, 2.75) is 37.8 Å². The number of hydrogen-bond acceptors (Lipinski definition) is 4. The van der Waals surface area contributed by atoms with Gasteiger partial charge < -0.3 is 9.88 Å². The molecule has 0 spiro atoms. The molecule has 1 amide bonds. The highest BCUT2D eigenvalue weighted by Gasteiger charge is 2.22. The van der Waals surface area contributed by atoms with Crippen LogP contribution in [-0.2, 0) is 26.8 Å². The van der Waals surface area contributed by atoms with E-state index in [1.54, 1.807) is 0 Å². The van der Waals surface area contributed by atoms with Gasteiger partial charge in [0.25, 0.3) is 9.05 Å². The van der Waals surface area contributed by atoms with Gasteiger partial charge >= 0.3 is 0 Å². The van der Waals surface area contributed by atoms with E-state index in [9.17, 15) is 13.2 Å². The largest absolute Gasteiger partial charge is 0.354 e. The molecular weight excluding hydrogens is 290 g/mol. The molecule has 1 N–H and O–H groups in total. The average Bonchev–Trinajstić information content (AvgIpc) is 3.05. The summed E-state index contributed by atoms with van der Waals surface area (Å²) in [5.41, 5.74) is 0. The molecule has 0 saturated heterocycles. The lowest BCUT2D eigenvalue weighted by Crippen LogP contribution is -2.29. The van der Waals surface area contributed by atoms with E-state index in [4.69, 9.17) is 10.7 Å². The summed E-state index contributed by atoms with van der Waals surface area (Å²) < 4.78 is 24.0. The summed E-state index contributed by atoms with van der Waals surface area (Å²) in [4.78, 5) is 15.7. The van der Waals surface area contributed by atoms with Crippen LogP contribution in [0.4, 0.5) is 0 Å². The topological polar surface area (TPSA) is 81.1 Å². The first kappa shape index (κ1) is 14.3. The number of hydrogen-bond donors (Lipinski definition) is 1. The number of imidazole rings is 1. The Bertz CT molecular complexity index is 578. The number of nitrogens with one attached hydrogen (secondary N) is 1. The summed E-state index contributed by atoms with van der Waals surface area (Å²) in [5, 5.41) is 2.62. The Morgan fingerprint density at radius 2 is 2.26 bits per heavy atom. The predicted molar refractivity (Wildman–Crippen MR) is 70.4 cm³/mol. The van der Waals surface area contributed by atoms with Crippen molar-refractivity contribution in [1.29, 1.82) is 0 Å². The summed E-state index contributed by atoms with van der Waals surface area (Å²) in [7, 11) is 1.39. The molecule has 0 atom stereocenters. The minimum atomic E-state index is -3.86. The Morgan fingerprint density at radius 3 is 2.79 bits per heavy atom. The van der Waals surface area contributed by atoms with E-state index >= 15 is 0 Å². The summed E-state index contributed by atoms with van der Waals surface area (Å²) in [6.45, 7) is 2.59. The highest BCUT2D eigenvalue weighted by molar-refractivity contribution is 8.13. The fraction of sp³-hybridized carbons (Fsp3) is 0.636. The highest BCUT2D eigenvalue weighted by Crippen LogP contribution is 2.27. The van der Waals surface area contributed by atoms with E-state index in [-0.39, 0.29) is 17.5 Å². The van der Waals surface area contributed by atoms with Crippen molar-refractivity contribution in [3.8, 4) is 0 Å². The van der Waals surface area contributed by atoms with E-state index in [1.165, 1.54) is 23.6 Å². The number of aromatic nitrogens is 2. The Kier molecular flexibility index (Phi) is 4.15. The maximum atomic E-state index is 11.7. The molecule has 0 unspecified atom stereocenters. The van der Waals surface area contributed by atoms with Crippen LogP contribution < -0.4 is 5.32 Å². The summed E-state index contributed by atoms with van der Waals surface area (Å²) >= 11 is 0. The first-order valence-electron chi connectivity index (χ1n) is 6.17. The van der Waals surface area contributed by atoms with Gasteiger partial charge in [-0.3, -0.25) is 4.79 Å². The lowest BCUT2D eigenvalue weighted by Gasteiger charge is -2.06. The molecular formula is C11H16ClN3O3S. The third kappa shape index (κ3) is 3.94. The molecule has 1 heterocycles. The van der Waals surface area contributed by atoms with Crippen molar-refractivity contribution in [3.05, 3.63) is 12.0 Å². The number of nitrogens with zero attached hydrogens (tertiary/aromatic N) is 2. The Morgan fingerprint density at radius 1 is 1.58 bits per heavy atom. The molecule has 1 saturated carbocycles. The van der Waals surface area contributed by atoms with E-state index in [0.717, 1.165) is 0 Å². The maximum absolute atomic E-state index is 11.7. The van der Waals surface area contributed by atoms with Gasteiger partial charge in [-0.2, -0.15) is 0 Å². The molecule has 1 aromatic rings. The van der Waals surface area contributed by atoms with Crippen molar-refractivity contribution >= 4 is 25.6 Å². The second-order valence-corrected chi connectivity index (χ2v) is 7.17. The number of aryl methyl sites for hydroxylation is 1. The first-order chi connectivity index (χ1) is 8.90. The lowest BCUT2D eigenvalue weighted by molar-refractivity contribution is -0.121. The molecule has 106 valence electrons. The molecule has 6 nitrogen and oxygen atoms in total. The third-order valence-corrected chi connectivity index (χ3v) is 4.17. The van der Waals surface area contributed by atoms with Gasteiger partial charge in [-0.05, 0) is 18.8 Å². The van der Waals surface area contributed by atoms with Crippen molar-refractivity contribution in [1.82, 2.24) is 14.9 Å². The minimum absolute atomic E-state index is 0.0648. The summed E-state index contributed by atoms with van der Waals surface area (Å²) in [6, 6.07) is 0. The van der Waals surface area contributed by atoms with Crippen LogP contribution in [0.15, 0.2) is 11.2 Å². The van der Waals surface area contributed by atoms with Crippen LogP contribution in [0.25, 0.3) is 0 Å². The Hall–Kier alpha value is -1.08. The summed E-state index contributed by atoms with van der Waals surface area (Å²) in [6.07, 6.45) is 4.17. The monoisotopic (exact) mass is 305 g/mol. The molecule has 0 bridgehead atoms. The Balaban J connectivity index is 2.05. The van der Waals surface area contributed by atoms with Gasteiger partial charge in [0.2, 0.25) is 5.91 Å². The average molecular weight is 306 g/mol. The summed E-state index contributed by atoms with van der Waals surface area (Å²) in [5.74, 6) is 0.995. The van der Waals surface area contributed by atoms with Crippen LogP contribution >= 0.6 is 10.7 Å². The van der Waals surface area contributed by atoms with Crippen molar-refractivity contribution < 1.29 is 13.2 Å². The van der Waals surface area contributed by atoms with Crippen LogP contribution in [-0.4, -0.2) is 30.4 Å². The van der Waals surface area contributed by atoms with Gasteiger partial charge in [0.05, 0.1) is 0 Å². The van der Waals surface area contributed by atoms with Crippen LogP contribution in [0.3, 0.4) is 0 Å². The molecule has 2 rings (SSSR count). The fourth-order valence-electron chi connectivity index (χ4n) is 1.76. The SMILES string of the molecule is CCc1nc(S(=O)(=O)Cl)cn1CC(=O)NCC1CC1. The van der Waals surface area contributed by atoms with E-state index < -0.39 is 9.05 Å². The molecule has 1 fully saturated rings. The van der Waals surface area contributed by atoms with Gasteiger partial charge in [-0.1, -0.05) is 6.92 Å². The number of amides is 1. The second kappa shape index (κ2) is 5.50. The zero-order chi connectivity index (χ0) is 14.0. The zero-order valence-electron chi connectivity index (χ0n) is 10.6. The van der Waals surface area contributed by atoms with Gasteiger partial charge in [-0.15, -0.1) is 0 Å². The van der Waals surface area contributed by atoms with Crippen molar-refractivity contribution in [2.24, 2.45) is 5.92 Å². The van der Waals surface area contributed by atoms with Crippen molar-refractivity contribution in [2.75, 3.05) is 6.54 Å². The molecule has 0 aliphatic heterocycles. The normalized spacial score (nSPS) is 15.5. The lowest BCUT2D eigenvalue weighted by atomic mass is 10.4. The van der Waals surface area contributed by atoms with Gasteiger partial charge in [-0.25, -0.2) is 13.4 Å². The van der Waals surface area contributed by atoms with Gasteiger partial charge in [0, 0.05) is 29.8 Å². The molecule has 1 aliphatic carbocycles. The Labute approximate surface area is 116 Å². The zero-order valence-corrected chi connectivity index (χ0v) is 12.2. The number of carbonyl (C=O) groups is 1. The maximum Gasteiger partial charge on any atom is 0.280 e. The minimum Gasteiger partial charge on any atom is -0.354 e. The quantitative estimate of drug-likeness (QED) is 0.792. The van der Waals surface area contributed by atoms with Gasteiger partial charge in [0.1, 0.15) is 12.4 Å². The smallest absolute Gasteiger partial charge is 0.280 e. The van der Waals surface area contributed by atoms with Crippen LogP contribution in [0, 0.1) is 5.92 Å². The molecule has 8 heteroatoms. The van der Waals surface area contributed by atoms with Crippen molar-refractivity contribution in [3.63, 3.8) is 0 Å². The van der Waals surface area contributed by atoms with E-state index in [0.29, 0.717) is 24.7 Å². The standard InChI is InChI=1S/C11H16ClN3O3S/c1-2-9-14-11(19(12,17)18)7-15(9)6-10(16)13-5-8-3-4-8/h7-8H,2-6H2,1H3,(H,13,16). The van der Waals surface area contributed by atoms with Crippen LogP contribution in [0.2, 0.25) is 0 Å². The number of halogens is 1. The number of carbonyl (C=O) groups excluding carboxylic acids is 1. The number of rotatable bonds is 6. The van der Waals surface area contributed by atoms with Crippen LogP contribution in [0.5, 0.6) is 0 Å². The first-order valence-corrected chi connectivity index (χ1v) is 8.48. The van der Waals surface area contributed by atoms with Crippen LogP contribution in [0.1, 0.15) is 25.6 Å². The molecule has 19 heavy (non-hydrogen) atoms. The second-order valence-electron chi connectivity index (χ2n) is 4.66. The third-order valence-electron chi connectivity index (χ3n) is 3.00. The molecule has 0 radical (unpaired) electrons.